The first-order chi connectivity index (χ1) is 21.1. The Morgan fingerprint density at radius 2 is 1.64 bits per heavy atom. The molecular weight excluding hydrogens is 574 g/mol. The Kier molecular flexibility index (Phi) is 9.27. The van der Waals surface area contributed by atoms with Crippen molar-refractivity contribution in [1.82, 2.24) is 15.5 Å². The van der Waals surface area contributed by atoms with Crippen molar-refractivity contribution in [1.29, 1.82) is 0 Å². The molecule has 4 aromatic carbocycles. The third-order valence-corrected chi connectivity index (χ3v) is 9.58. The fraction of sp³-hybridized carbons (Fsp3) is 0.286. The van der Waals surface area contributed by atoms with Crippen LogP contribution in [0, 0.1) is 6.92 Å². The van der Waals surface area contributed by atoms with Crippen molar-refractivity contribution < 1.29 is 24.6 Å². The van der Waals surface area contributed by atoms with Gasteiger partial charge in [-0.2, -0.15) is 0 Å². The smallest absolute Gasteiger partial charge is 0.254 e. The molecule has 4 aromatic rings. The summed E-state index contributed by atoms with van der Waals surface area (Å²) in [5.74, 6) is -1.28. The lowest BCUT2D eigenvalue weighted by Crippen LogP contribution is -2.58. The monoisotopic (exact) mass is 611 g/mol. The van der Waals surface area contributed by atoms with E-state index in [2.05, 4.69) is 10.6 Å². The van der Waals surface area contributed by atoms with Gasteiger partial charge in [0.2, 0.25) is 5.91 Å². The molecule has 228 valence electrons. The Bertz CT molecular complexity index is 1670. The molecular formula is C35H37N3O5S. The van der Waals surface area contributed by atoms with Gasteiger partial charge in [0.25, 0.3) is 11.8 Å². The molecule has 44 heavy (non-hydrogen) atoms. The van der Waals surface area contributed by atoms with Gasteiger partial charge in [-0.3, -0.25) is 14.4 Å². The molecule has 5 rings (SSSR count). The molecule has 3 unspecified atom stereocenters. The maximum atomic E-state index is 14.0. The van der Waals surface area contributed by atoms with Crippen molar-refractivity contribution in [3.8, 4) is 5.75 Å². The van der Waals surface area contributed by atoms with E-state index >= 15 is 0 Å². The number of hydrogen-bond donors (Lipinski definition) is 4. The zero-order valence-electron chi connectivity index (χ0n) is 25.0. The van der Waals surface area contributed by atoms with Crippen LogP contribution in [0.15, 0.2) is 91.0 Å². The fourth-order valence-corrected chi connectivity index (χ4v) is 6.85. The fourth-order valence-electron chi connectivity index (χ4n) is 5.71. The number of aromatic hydroxyl groups is 1. The first kappa shape index (κ1) is 31.1. The average molecular weight is 612 g/mol. The number of phenols is 1. The SMILES string of the molecule is Cc1c(O)cccc1C(=O)NC(Cc1ccccc1)C(O)C(=O)N1CSC(C)(C)C1C(=O)NCc1cccc2ccccc12. The Labute approximate surface area is 261 Å². The molecule has 1 heterocycles. The highest BCUT2D eigenvalue weighted by Crippen LogP contribution is 2.40. The van der Waals surface area contributed by atoms with Crippen LogP contribution in [0.25, 0.3) is 10.8 Å². The topological polar surface area (TPSA) is 119 Å². The van der Waals surface area contributed by atoms with Gasteiger partial charge in [-0.05, 0) is 61.2 Å². The highest BCUT2D eigenvalue weighted by molar-refractivity contribution is 8.00. The third kappa shape index (κ3) is 6.59. The van der Waals surface area contributed by atoms with Crippen LogP contribution in [-0.4, -0.2) is 61.6 Å². The van der Waals surface area contributed by atoms with Crippen molar-refractivity contribution in [2.75, 3.05) is 5.88 Å². The first-order valence-corrected chi connectivity index (χ1v) is 15.6. The Morgan fingerprint density at radius 1 is 0.955 bits per heavy atom. The molecule has 1 aliphatic heterocycles. The predicted octanol–water partition coefficient (Wildman–Crippen LogP) is 4.55. The molecule has 0 saturated carbocycles. The number of amides is 3. The van der Waals surface area contributed by atoms with E-state index in [0.29, 0.717) is 5.56 Å². The Hall–Kier alpha value is -4.34. The average Bonchev–Trinajstić information content (AvgIpc) is 3.35. The molecule has 0 aromatic heterocycles. The lowest BCUT2D eigenvalue weighted by atomic mass is 9.96. The second-order valence-corrected chi connectivity index (χ2v) is 13.2. The molecule has 9 heteroatoms. The summed E-state index contributed by atoms with van der Waals surface area (Å²) >= 11 is 1.46. The number of hydrogen-bond acceptors (Lipinski definition) is 6. The molecule has 0 bridgehead atoms. The number of nitrogens with one attached hydrogen (secondary N) is 2. The summed E-state index contributed by atoms with van der Waals surface area (Å²) in [4.78, 5) is 42.4. The van der Waals surface area contributed by atoms with Crippen molar-refractivity contribution in [2.24, 2.45) is 0 Å². The normalized spacial score (nSPS) is 17.2. The third-order valence-electron chi connectivity index (χ3n) is 8.21. The van der Waals surface area contributed by atoms with Gasteiger partial charge in [0.05, 0.1) is 11.9 Å². The number of carbonyl (C=O) groups excluding carboxylic acids is 3. The standard InChI is InChI=1S/C35H37N3O5S/c1-22-26(17-10-18-29(22)39)32(41)37-28(19-23-11-5-4-6-12-23)30(40)34(43)38-21-44-35(2,3)31(38)33(42)36-20-25-15-9-14-24-13-7-8-16-27(24)25/h4-18,28,30-31,39-40H,19-21H2,1-3H3,(H,36,42)(H,37,41). The number of nitrogens with zero attached hydrogens (tertiary/aromatic N) is 1. The van der Waals surface area contributed by atoms with Gasteiger partial charge in [-0.1, -0.05) is 78.9 Å². The maximum absolute atomic E-state index is 14.0. The van der Waals surface area contributed by atoms with E-state index in [9.17, 15) is 24.6 Å². The lowest BCUT2D eigenvalue weighted by molar-refractivity contribution is -0.147. The second kappa shape index (κ2) is 13.1. The summed E-state index contributed by atoms with van der Waals surface area (Å²) < 4.78 is -0.616. The highest BCUT2D eigenvalue weighted by atomic mass is 32.2. The number of phenolic OH excluding ortho intramolecular Hbond substituents is 1. The number of aliphatic hydroxyl groups excluding tert-OH is 1. The number of aliphatic hydroxyl groups is 1. The molecule has 1 saturated heterocycles. The van der Waals surface area contributed by atoms with E-state index in [0.717, 1.165) is 21.9 Å². The summed E-state index contributed by atoms with van der Waals surface area (Å²) in [5.41, 5.74) is 2.42. The highest BCUT2D eigenvalue weighted by Gasteiger charge is 2.49. The number of benzene rings is 4. The van der Waals surface area contributed by atoms with Crippen LogP contribution in [0.5, 0.6) is 5.75 Å². The van der Waals surface area contributed by atoms with Gasteiger partial charge in [-0.15, -0.1) is 11.8 Å². The number of carbonyl (C=O) groups is 3. The molecule has 1 fully saturated rings. The summed E-state index contributed by atoms with van der Waals surface area (Å²) in [7, 11) is 0. The van der Waals surface area contributed by atoms with Gasteiger partial charge in [0.1, 0.15) is 11.8 Å². The lowest BCUT2D eigenvalue weighted by Gasteiger charge is -2.33. The van der Waals surface area contributed by atoms with E-state index in [1.807, 2.05) is 86.6 Å². The number of thioether (sulfide) groups is 1. The summed E-state index contributed by atoms with van der Waals surface area (Å²) in [5, 5.41) is 29.6. The van der Waals surface area contributed by atoms with Crippen LogP contribution in [0.1, 0.15) is 40.9 Å². The summed E-state index contributed by atoms with van der Waals surface area (Å²) in [6, 6.07) is 26.0. The van der Waals surface area contributed by atoms with E-state index in [1.54, 1.807) is 19.1 Å². The van der Waals surface area contributed by atoms with Crippen LogP contribution >= 0.6 is 11.8 Å². The van der Waals surface area contributed by atoms with Crippen molar-refractivity contribution in [3.05, 3.63) is 113 Å². The zero-order chi connectivity index (χ0) is 31.4. The second-order valence-electron chi connectivity index (χ2n) is 11.6. The van der Waals surface area contributed by atoms with E-state index < -0.39 is 34.7 Å². The van der Waals surface area contributed by atoms with Crippen molar-refractivity contribution in [3.63, 3.8) is 0 Å². The minimum Gasteiger partial charge on any atom is -0.508 e. The number of fused-ring (bicyclic) bond motifs is 1. The van der Waals surface area contributed by atoms with Crippen LogP contribution in [-0.2, 0) is 22.6 Å². The minimum atomic E-state index is -1.63. The molecule has 8 nitrogen and oxygen atoms in total. The van der Waals surface area contributed by atoms with Gasteiger partial charge in [-0.25, -0.2) is 0 Å². The largest absolute Gasteiger partial charge is 0.508 e. The van der Waals surface area contributed by atoms with Gasteiger partial charge >= 0.3 is 0 Å². The first-order valence-electron chi connectivity index (χ1n) is 14.6. The molecule has 4 N–H and O–H groups in total. The summed E-state index contributed by atoms with van der Waals surface area (Å²) in [6.45, 7) is 5.74. The van der Waals surface area contributed by atoms with Crippen LogP contribution in [0.3, 0.4) is 0 Å². The molecule has 0 aliphatic carbocycles. The molecule has 3 atom stereocenters. The van der Waals surface area contributed by atoms with Crippen LogP contribution < -0.4 is 10.6 Å². The van der Waals surface area contributed by atoms with E-state index in [1.165, 1.54) is 22.7 Å². The van der Waals surface area contributed by atoms with Crippen molar-refractivity contribution >= 4 is 40.3 Å². The zero-order valence-corrected chi connectivity index (χ0v) is 25.8. The Morgan fingerprint density at radius 3 is 2.41 bits per heavy atom. The van der Waals surface area contributed by atoms with E-state index in [-0.39, 0.29) is 36.1 Å². The van der Waals surface area contributed by atoms with E-state index in [4.69, 9.17) is 0 Å². The predicted molar refractivity (Wildman–Crippen MR) is 173 cm³/mol. The molecule has 0 radical (unpaired) electrons. The van der Waals surface area contributed by atoms with Crippen LogP contribution in [0.2, 0.25) is 0 Å². The van der Waals surface area contributed by atoms with Gasteiger partial charge in [0, 0.05) is 22.4 Å². The molecule has 1 aliphatic rings. The molecule has 0 spiro atoms. The quantitative estimate of drug-likeness (QED) is 0.221. The maximum Gasteiger partial charge on any atom is 0.254 e. The van der Waals surface area contributed by atoms with Gasteiger partial charge < -0.3 is 25.7 Å². The van der Waals surface area contributed by atoms with Gasteiger partial charge in [0.15, 0.2) is 6.10 Å². The number of rotatable bonds is 9. The Balaban J connectivity index is 1.36. The van der Waals surface area contributed by atoms with Crippen LogP contribution in [0.4, 0.5) is 0 Å². The minimum absolute atomic E-state index is 0.0254. The molecule has 3 amide bonds. The summed E-state index contributed by atoms with van der Waals surface area (Å²) in [6.07, 6.45) is -1.45. The van der Waals surface area contributed by atoms with Crippen molar-refractivity contribution in [2.45, 2.75) is 56.7 Å².